The van der Waals surface area contributed by atoms with Gasteiger partial charge in [0.15, 0.2) is 6.10 Å². The Morgan fingerprint density at radius 3 is 2.79 bits per heavy atom. The average molecular weight is 399 g/mol. The molecule has 2 aromatic rings. The Labute approximate surface area is 167 Å². The molecule has 1 unspecified atom stereocenters. The molecule has 0 saturated carbocycles. The molecule has 0 saturated heterocycles. The van der Waals surface area contributed by atoms with Crippen molar-refractivity contribution in [2.45, 2.75) is 52.1 Å². The summed E-state index contributed by atoms with van der Waals surface area (Å²) in [5, 5.41) is 23.9. The van der Waals surface area contributed by atoms with Gasteiger partial charge in [0, 0.05) is 16.5 Å². The van der Waals surface area contributed by atoms with Gasteiger partial charge in [0.05, 0.1) is 10.5 Å². The van der Waals surface area contributed by atoms with Gasteiger partial charge in [0.25, 0.3) is 11.6 Å². The second-order valence-corrected chi connectivity index (χ2v) is 7.94. The zero-order chi connectivity index (χ0) is 20.3. The van der Waals surface area contributed by atoms with Gasteiger partial charge in [-0.1, -0.05) is 6.42 Å². The van der Waals surface area contributed by atoms with Crippen molar-refractivity contribution in [2.24, 2.45) is 0 Å². The molecule has 1 amide bonds. The summed E-state index contributed by atoms with van der Waals surface area (Å²) in [4.78, 5) is 24.2. The number of aryl methyl sites for hydroxylation is 2. The van der Waals surface area contributed by atoms with E-state index in [-0.39, 0.29) is 11.6 Å². The average Bonchev–Trinajstić information content (AvgIpc) is 2.81. The van der Waals surface area contributed by atoms with Gasteiger partial charge in [-0.25, -0.2) is 0 Å². The fourth-order valence-electron chi connectivity index (χ4n) is 3.33. The summed E-state index contributed by atoms with van der Waals surface area (Å²) in [6, 6.07) is 6.61. The van der Waals surface area contributed by atoms with Crippen LogP contribution in [0.5, 0.6) is 5.75 Å². The second-order valence-electron chi connectivity index (χ2n) is 6.84. The van der Waals surface area contributed by atoms with E-state index < -0.39 is 11.0 Å². The largest absolute Gasteiger partial charge is 0.481 e. The molecule has 8 heteroatoms. The summed E-state index contributed by atoms with van der Waals surface area (Å²) in [7, 11) is 0. The number of hydrogen-bond donors (Lipinski definition) is 1. The Morgan fingerprint density at radius 1 is 1.36 bits per heavy atom. The van der Waals surface area contributed by atoms with Crippen molar-refractivity contribution >= 4 is 27.9 Å². The molecule has 1 aliphatic carbocycles. The van der Waals surface area contributed by atoms with Crippen molar-refractivity contribution in [1.82, 2.24) is 0 Å². The summed E-state index contributed by atoms with van der Waals surface area (Å²) in [5.74, 6) is 0.0251. The van der Waals surface area contributed by atoms with Crippen LogP contribution in [0.4, 0.5) is 10.7 Å². The highest BCUT2D eigenvalue weighted by Gasteiger charge is 2.23. The first kappa shape index (κ1) is 19.8. The minimum Gasteiger partial charge on any atom is -0.481 e. The number of nitrogens with one attached hydrogen (secondary N) is 1. The number of thiophene rings is 1. The highest BCUT2D eigenvalue weighted by atomic mass is 32.1. The van der Waals surface area contributed by atoms with E-state index in [1.165, 1.54) is 34.4 Å². The molecular formula is C20H21N3O4S. The number of nitro groups is 1. The molecule has 0 aliphatic heterocycles. The third kappa shape index (κ3) is 4.15. The molecule has 0 radical (unpaired) electrons. The predicted molar refractivity (Wildman–Crippen MR) is 107 cm³/mol. The number of fused-ring (bicyclic) bond motifs is 1. The molecule has 1 aromatic heterocycles. The summed E-state index contributed by atoms with van der Waals surface area (Å²) in [6.07, 6.45) is 4.33. The van der Waals surface area contributed by atoms with Gasteiger partial charge in [0.1, 0.15) is 16.8 Å². The lowest BCUT2D eigenvalue weighted by atomic mass is 10.1. The molecule has 7 nitrogen and oxygen atoms in total. The van der Waals surface area contributed by atoms with E-state index in [4.69, 9.17) is 4.74 Å². The van der Waals surface area contributed by atoms with Crippen LogP contribution < -0.4 is 10.1 Å². The molecule has 0 fully saturated rings. The lowest BCUT2D eigenvalue weighted by Gasteiger charge is -2.14. The molecule has 1 heterocycles. The van der Waals surface area contributed by atoms with E-state index in [9.17, 15) is 20.2 Å². The maximum atomic E-state index is 12.6. The SMILES string of the molecule is Cc1cc(OC(C)C(=O)Nc2sc3c(c2C#N)CCCCC3)ccc1[N+](=O)[O-]. The molecule has 146 valence electrons. The Hall–Kier alpha value is -2.92. The number of nitriles is 1. The molecule has 28 heavy (non-hydrogen) atoms. The van der Waals surface area contributed by atoms with Crippen LogP contribution in [0.3, 0.4) is 0 Å². The number of nitro benzene ring substituents is 1. The van der Waals surface area contributed by atoms with E-state index in [0.29, 0.717) is 21.9 Å². The van der Waals surface area contributed by atoms with Crippen molar-refractivity contribution in [3.05, 3.63) is 49.9 Å². The maximum absolute atomic E-state index is 12.6. The number of nitrogens with zero attached hydrogens (tertiary/aromatic N) is 2. The summed E-state index contributed by atoms with van der Waals surface area (Å²) in [6.45, 7) is 3.23. The molecular weight excluding hydrogens is 378 g/mol. The Kier molecular flexibility index (Phi) is 5.95. The van der Waals surface area contributed by atoms with E-state index in [0.717, 1.165) is 37.7 Å². The summed E-state index contributed by atoms with van der Waals surface area (Å²) < 4.78 is 5.65. The molecule has 1 aromatic carbocycles. The standard InChI is InChI=1S/C20H21N3O4S/c1-12-10-14(8-9-17(12)23(25)26)27-13(2)19(24)22-20-16(11-21)15-6-4-3-5-7-18(15)28-20/h8-10,13H,3-7H2,1-2H3,(H,22,24). The molecule has 3 rings (SSSR count). The zero-order valence-corrected chi connectivity index (χ0v) is 16.6. The number of rotatable bonds is 5. The van der Waals surface area contributed by atoms with Crippen molar-refractivity contribution < 1.29 is 14.5 Å². The van der Waals surface area contributed by atoms with Gasteiger partial charge >= 0.3 is 0 Å². The third-order valence-corrected chi connectivity index (χ3v) is 6.02. The van der Waals surface area contributed by atoms with Crippen LogP contribution in [0, 0.1) is 28.4 Å². The highest BCUT2D eigenvalue weighted by molar-refractivity contribution is 7.16. The fraction of sp³-hybridized carbons (Fsp3) is 0.400. The molecule has 1 N–H and O–H groups in total. The van der Waals surface area contributed by atoms with Crippen LogP contribution in [0.2, 0.25) is 0 Å². The monoisotopic (exact) mass is 399 g/mol. The highest BCUT2D eigenvalue weighted by Crippen LogP contribution is 2.37. The van der Waals surface area contributed by atoms with Gasteiger partial charge in [0.2, 0.25) is 0 Å². The van der Waals surface area contributed by atoms with E-state index in [1.54, 1.807) is 13.8 Å². The lowest BCUT2D eigenvalue weighted by Crippen LogP contribution is -2.30. The summed E-state index contributed by atoms with van der Waals surface area (Å²) in [5.41, 5.74) is 2.10. The molecule has 1 atom stereocenters. The van der Waals surface area contributed by atoms with E-state index >= 15 is 0 Å². The van der Waals surface area contributed by atoms with Crippen molar-refractivity contribution in [1.29, 1.82) is 5.26 Å². The van der Waals surface area contributed by atoms with Crippen LogP contribution in [0.25, 0.3) is 0 Å². The Morgan fingerprint density at radius 2 is 2.11 bits per heavy atom. The van der Waals surface area contributed by atoms with Gasteiger partial charge in [-0.15, -0.1) is 11.3 Å². The number of carbonyl (C=O) groups excluding carboxylic acids is 1. The molecule has 0 bridgehead atoms. The lowest BCUT2D eigenvalue weighted by molar-refractivity contribution is -0.385. The number of ether oxygens (including phenoxy) is 1. The first-order chi connectivity index (χ1) is 13.4. The quantitative estimate of drug-likeness (QED) is 0.452. The summed E-state index contributed by atoms with van der Waals surface area (Å²) >= 11 is 1.47. The smallest absolute Gasteiger partial charge is 0.272 e. The van der Waals surface area contributed by atoms with Crippen LogP contribution >= 0.6 is 11.3 Å². The number of hydrogen-bond acceptors (Lipinski definition) is 6. The second kappa shape index (κ2) is 8.40. The van der Waals surface area contributed by atoms with Crippen LogP contribution in [-0.4, -0.2) is 16.9 Å². The third-order valence-electron chi connectivity index (χ3n) is 4.82. The first-order valence-corrected chi connectivity index (χ1v) is 9.99. The minimum absolute atomic E-state index is 0.00296. The van der Waals surface area contributed by atoms with Gasteiger partial charge in [-0.05, 0) is 57.2 Å². The van der Waals surface area contributed by atoms with Crippen molar-refractivity contribution in [2.75, 3.05) is 5.32 Å². The van der Waals surface area contributed by atoms with Crippen LogP contribution in [0.1, 0.15) is 47.8 Å². The van der Waals surface area contributed by atoms with Crippen molar-refractivity contribution in [3.8, 4) is 11.8 Å². The number of benzene rings is 1. The number of amides is 1. The number of carbonyl (C=O) groups is 1. The maximum Gasteiger partial charge on any atom is 0.272 e. The van der Waals surface area contributed by atoms with E-state index in [1.807, 2.05) is 0 Å². The minimum atomic E-state index is -0.811. The van der Waals surface area contributed by atoms with E-state index in [2.05, 4.69) is 11.4 Å². The normalized spacial score (nSPS) is 14.3. The van der Waals surface area contributed by atoms with Gasteiger partial charge < -0.3 is 10.1 Å². The predicted octanol–water partition coefficient (Wildman–Crippen LogP) is 4.51. The molecule has 0 spiro atoms. The molecule has 1 aliphatic rings. The Bertz CT molecular complexity index is 961. The van der Waals surface area contributed by atoms with Gasteiger partial charge in [-0.3, -0.25) is 14.9 Å². The first-order valence-electron chi connectivity index (χ1n) is 9.18. The topological polar surface area (TPSA) is 105 Å². The fourth-order valence-corrected chi connectivity index (χ4v) is 4.57. The Balaban J connectivity index is 1.72. The van der Waals surface area contributed by atoms with Crippen molar-refractivity contribution in [3.63, 3.8) is 0 Å². The zero-order valence-electron chi connectivity index (χ0n) is 15.8. The van der Waals surface area contributed by atoms with Crippen LogP contribution in [0.15, 0.2) is 18.2 Å². The van der Waals surface area contributed by atoms with Gasteiger partial charge in [-0.2, -0.15) is 5.26 Å². The number of anilines is 1. The van der Waals surface area contributed by atoms with Crippen LogP contribution in [-0.2, 0) is 17.6 Å².